The predicted octanol–water partition coefficient (Wildman–Crippen LogP) is 4.44. The van der Waals surface area contributed by atoms with Crippen LogP contribution in [-0.4, -0.2) is 13.0 Å². The molecule has 1 aliphatic carbocycles. The summed E-state index contributed by atoms with van der Waals surface area (Å²) in [6.07, 6.45) is 3.41. The van der Waals surface area contributed by atoms with Crippen LogP contribution in [0.4, 0.5) is 5.69 Å². The Morgan fingerprint density at radius 1 is 1.36 bits per heavy atom. The topological polar surface area (TPSA) is 38.3 Å². The number of rotatable bonds is 3. The second-order valence-corrected chi connectivity index (χ2v) is 7.20. The number of anilines is 1. The molecule has 116 valence electrons. The number of hydrogen-bond acceptors (Lipinski definition) is 3. The smallest absolute Gasteiger partial charge is 0.265 e. The zero-order chi connectivity index (χ0) is 15.7. The summed E-state index contributed by atoms with van der Waals surface area (Å²) in [7, 11) is 1.62. The number of methoxy groups -OCH3 is 1. The Morgan fingerprint density at radius 2 is 2.18 bits per heavy atom. The number of fused-ring (bicyclic) bond motifs is 1. The third kappa shape index (κ3) is 3.02. The molecule has 0 radical (unpaired) electrons. The maximum absolute atomic E-state index is 12.5. The fourth-order valence-corrected chi connectivity index (χ4v) is 4.02. The molecule has 1 heterocycles. The lowest BCUT2D eigenvalue weighted by Crippen LogP contribution is -2.11. The van der Waals surface area contributed by atoms with E-state index in [2.05, 4.69) is 18.3 Å². The number of carbonyl (C=O) groups excluding carboxylic acids is 1. The van der Waals surface area contributed by atoms with Crippen LogP contribution in [-0.2, 0) is 12.8 Å². The molecule has 4 heteroatoms. The van der Waals surface area contributed by atoms with Crippen molar-refractivity contribution in [1.29, 1.82) is 0 Å². The van der Waals surface area contributed by atoms with Gasteiger partial charge in [0.15, 0.2) is 0 Å². The normalized spacial score (nSPS) is 17.0. The van der Waals surface area contributed by atoms with E-state index in [1.165, 1.54) is 16.9 Å². The van der Waals surface area contributed by atoms with Gasteiger partial charge in [-0.2, -0.15) is 0 Å². The van der Waals surface area contributed by atoms with Crippen molar-refractivity contribution in [3.05, 3.63) is 45.1 Å². The molecule has 0 fully saturated rings. The first kappa shape index (κ1) is 15.1. The van der Waals surface area contributed by atoms with Gasteiger partial charge in [-0.1, -0.05) is 13.0 Å². The zero-order valence-corrected chi connectivity index (χ0v) is 14.0. The lowest BCUT2D eigenvalue weighted by Gasteiger charge is -2.16. The van der Waals surface area contributed by atoms with E-state index in [1.54, 1.807) is 18.4 Å². The van der Waals surface area contributed by atoms with Gasteiger partial charge in [-0.25, -0.2) is 0 Å². The third-order valence-electron chi connectivity index (χ3n) is 4.16. The van der Waals surface area contributed by atoms with Gasteiger partial charge in [-0.15, -0.1) is 11.3 Å². The summed E-state index contributed by atoms with van der Waals surface area (Å²) in [5.41, 5.74) is 3.17. The first-order valence-electron chi connectivity index (χ1n) is 7.64. The van der Waals surface area contributed by atoms with E-state index in [0.717, 1.165) is 34.9 Å². The highest BCUT2D eigenvalue weighted by Gasteiger charge is 2.21. The van der Waals surface area contributed by atoms with Crippen LogP contribution in [0, 0.1) is 12.8 Å². The molecule has 0 saturated carbocycles. The average Bonchev–Trinajstić information content (AvgIpc) is 2.90. The van der Waals surface area contributed by atoms with E-state index < -0.39 is 0 Å². The summed E-state index contributed by atoms with van der Waals surface area (Å²) in [6.45, 7) is 4.28. The van der Waals surface area contributed by atoms with Crippen LogP contribution in [0.3, 0.4) is 0 Å². The van der Waals surface area contributed by atoms with Gasteiger partial charge in [-0.3, -0.25) is 4.79 Å². The largest absolute Gasteiger partial charge is 0.495 e. The van der Waals surface area contributed by atoms with Crippen LogP contribution in [0.5, 0.6) is 5.75 Å². The molecule has 1 N–H and O–H groups in total. The minimum atomic E-state index is -0.0454. The van der Waals surface area contributed by atoms with Crippen molar-refractivity contribution in [3.8, 4) is 5.75 Å². The number of thiophene rings is 1. The maximum Gasteiger partial charge on any atom is 0.265 e. The van der Waals surface area contributed by atoms with Crippen LogP contribution in [0.15, 0.2) is 24.3 Å². The van der Waals surface area contributed by atoms with Crippen molar-refractivity contribution in [2.45, 2.75) is 33.1 Å². The van der Waals surface area contributed by atoms with Gasteiger partial charge in [0.05, 0.1) is 17.7 Å². The Morgan fingerprint density at radius 3 is 2.95 bits per heavy atom. The lowest BCUT2D eigenvalue weighted by molar-refractivity contribution is 0.103. The number of ether oxygens (including phenoxy) is 1. The lowest BCUT2D eigenvalue weighted by atomic mass is 9.90. The molecule has 1 aromatic carbocycles. The van der Waals surface area contributed by atoms with Crippen molar-refractivity contribution in [1.82, 2.24) is 0 Å². The van der Waals surface area contributed by atoms with Gasteiger partial charge in [0.25, 0.3) is 5.91 Å². The number of aryl methyl sites for hydroxylation is 2. The molecule has 1 aromatic heterocycles. The molecular formula is C18H21NO2S. The first-order valence-corrected chi connectivity index (χ1v) is 8.46. The Bertz CT molecular complexity index is 705. The van der Waals surface area contributed by atoms with E-state index in [4.69, 9.17) is 4.74 Å². The molecule has 3 nitrogen and oxygen atoms in total. The van der Waals surface area contributed by atoms with Crippen molar-refractivity contribution < 1.29 is 9.53 Å². The number of carbonyl (C=O) groups is 1. The first-order chi connectivity index (χ1) is 10.6. The highest BCUT2D eigenvalue weighted by molar-refractivity contribution is 7.14. The van der Waals surface area contributed by atoms with Gasteiger partial charge in [-0.05, 0) is 61.4 Å². The van der Waals surface area contributed by atoms with Crippen LogP contribution in [0.1, 0.15) is 39.0 Å². The van der Waals surface area contributed by atoms with E-state index >= 15 is 0 Å². The third-order valence-corrected chi connectivity index (χ3v) is 5.39. The Balaban J connectivity index is 1.82. The second-order valence-electron chi connectivity index (χ2n) is 6.06. The molecular weight excluding hydrogens is 294 g/mol. The van der Waals surface area contributed by atoms with Gasteiger partial charge < -0.3 is 10.1 Å². The molecule has 2 aromatic rings. The standard InChI is InChI=1S/C18H21NO2S/c1-11-5-7-16-13(8-11)10-17(22-16)18(20)19-14-9-12(2)4-6-15(14)21-3/h4,6,9-11H,5,7-8H2,1-3H3,(H,19,20). The molecule has 22 heavy (non-hydrogen) atoms. The van der Waals surface area contributed by atoms with Gasteiger partial charge >= 0.3 is 0 Å². The summed E-state index contributed by atoms with van der Waals surface area (Å²) in [4.78, 5) is 14.7. The molecule has 1 atom stereocenters. The highest BCUT2D eigenvalue weighted by atomic mass is 32.1. The molecule has 1 amide bonds. The van der Waals surface area contributed by atoms with E-state index in [1.807, 2.05) is 25.1 Å². The fourth-order valence-electron chi connectivity index (χ4n) is 2.92. The summed E-state index contributed by atoms with van der Waals surface area (Å²) in [5, 5.41) is 2.99. The molecule has 0 aliphatic heterocycles. The molecule has 0 saturated heterocycles. The minimum absolute atomic E-state index is 0.0454. The van der Waals surface area contributed by atoms with Crippen LogP contribution in [0.25, 0.3) is 0 Å². The number of amides is 1. The second kappa shape index (κ2) is 6.13. The summed E-state index contributed by atoms with van der Waals surface area (Å²) < 4.78 is 5.32. The molecule has 0 bridgehead atoms. The molecule has 1 aliphatic rings. The average molecular weight is 315 g/mol. The van der Waals surface area contributed by atoms with Crippen LogP contribution in [0.2, 0.25) is 0 Å². The van der Waals surface area contributed by atoms with Gasteiger partial charge in [0, 0.05) is 4.88 Å². The predicted molar refractivity (Wildman–Crippen MR) is 91.2 cm³/mol. The zero-order valence-electron chi connectivity index (χ0n) is 13.2. The van der Waals surface area contributed by atoms with Crippen LogP contribution < -0.4 is 10.1 Å². The number of hydrogen-bond donors (Lipinski definition) is 1. The van der Waals surface area contributed by atoms with E-state index in [9.17, 15) is 4.79 Å². The van der Waals surface area contributed by atoms with Crippen molar-refractivity contribution in [2.75, 3.05) is 12.4 Å². The summed E-state index contributed by atoms with van der Waals surface area (Å²) in [6, 6.07) is 7.85. The SMILES string of the molecule is COc1ccc(C)cc1NC(=O)c1cc2c(s1)CCC(C)C2. The van der Waals surface area contributed by atoms with E-state index in [-0.39, 0.29) is 5.91 Å². The van der Waals surface area contributed by atoms with Crippen LogP contribution >= 0.6 is 11.3 Å². The quantitative estimate of drug-likeness (QED) is 0.909. The van der Waals surface area contributed by atoms with Crippen molar-refractivity contribution >= 4 is 22.9 Å². The number of nitrogens with one attached hydrogen (secondary N) is 1. The van der Waals surface area contributed by atoms with Gasteiger partial charge in [0.2, 0.25) is 0 Å². The van der Waals surface area contributed by atoms with Crippen molar-refractivity contribution in [3.63, 3.8) is 0 Å². The van der Waals surface area contributed by atoms with Gasteiger partial charge in [0.1, 0.15) is 5.75 Å². The molecule has 3 rings (SSSR count). The highest BCUT2D eigenvalue weighted by Crippen LogP contribution is 2.33. The maximum atomic E-state index is 12.5. The Kier molecular flexibility index (Phi) is 4.21. The summed E-state index contributed by atoms with van der Waals surface area (Å²) in [5.74, 6) is 1.36. The Hall–Kier alpha value is -1.81. The Labute approximate surface area is 135 Å². The molecule has 1 unspecified atom stereocenters. The molecule has 0 spiro atoms. The minimum Gasteiger partial charge on any atom is -0.495 e. The fraction of sp³-hybridized carbons (Fsp3) is 0.389. The monoisotopic (exact) mass is 315 g/mol. The van der Waals surface area contributed by atoms with E-state index in [0.29, 0.717) is 5.75 Å². The van der Waals surface area contributed by atoms with Crippen molar-refractivity contribution in [2.24, 2.45) is 5.92 Å². The number of benzene rings is 1. The summed E-state index contributed by atoms with van der Waals surface area (Å²) >= 11 is 1.63.